The number of hydrogen-bond donors (Lipinski definition) is 1. The van der Waals surface area contributed by atoms with Crippen LogP contribution in [0.4, 0.5) is 11.5 Å². The maximum absolute atomic E-state index is 13.2. The molecule has 0 bridgehead atoms. The molecule has 7 nitrogen and oxygen atoms in total. The fraction of sp³-hybridized carbons (Fsp3) is 0.304. The van der Waals surface area contributed by atoms with Crippen molar-refractivity contribution in [2.75, 3.05) is 16.7 Å². The van der Waals surface area contributed by atoms with E-state index in [-0.39, 0.29) is 22.2 Å². The summed E-state index contributed by atoms with van der Waals surface area (Å²) < 4.78 is 28.8. The summed E-state index contributed by atoms with van der Waals surface area (Å²) in [6.07, 6.45) is 2.32. The number of carbonyl (C=O) groups is 1. The number of carbonyl (C=O) groups excluding carboxylic acids is 1. The lowest BCUT2D eigenvalue weighted by atomic mass is 9.97. The molecule has 3 aromatic rings. The Labute approximate surface area is 183 Å². The van der Waals surface area contributed by atoms with Gasteiger partial charge in [0.15, 0.2) is 5.82 Å². The number of sulfonamides is 1. The molecule has 1 amide bonds. The van der Waals surface area contributed by atoms with Gasteiger partial charge in [-0.3, -0.25) is 13.8 Å². The fourth-order valence-corrected chi connectivity index (χ4v) is 4.64. The van der Waals surface area contributed by atoms with Gasteiger partial charge < -0.3 is 5.32 Å². The van der Waals surface area contributed by atoms with Gasteiger partial charge in [0.2, 0.25) is 0 Å². The van der Waals surface area contributed by atoms with Gasteiger partial charge in [-0.15, -0.1) is 0 Å². The van der Waals surface area contributed by atoms with E-state index in [1.165, 1.54) is 17.9 Å². The Kier molecular flexibility index (Phi) is 6.50. The predicted molar refractivity (Wildman–Crippen MR) is 123 cm³/mol. The van der Waals surface area contributed by atoms with Crippen LogP contribution in [0.2, 0.25) is 0 Å². The normalized spacial score (nSPS) is 12.4. The van der Waals surface area contributed by atoms with Gasteiger partial charge >= 0.3 is 0 Å². The average molecular weight is 441 g/mol. The van der Waals surface area contributed by atoms with Gasteiger partial charge in [0.05, 0.1) is 11.1 Å². The fourth-order valence-electron chi connectivity index (χ4n) is 3.40. The molecule has 0 fully saturated rings. The zero-order chi connectivity index (χ0) is 22.8. The Bertz CT molecular complexity index is 1180. The number of benzene rings is 2. The Morgan fingerprint density at radius 2 is 1.81 bits per heavy atom. The van der Waals surface area contributed by atoms with Gasteiger partial charge in [-0.25, -0.2) is 8.42 Å². The minimum Gasteiger partial charge on any atom is -0.322 e. The van der Waals surface area contributed by atoms with Crippen molar-refractivity contribution in [3.63, 3.8) is 0 Å². The monoisotopic (exact) mass is 440 g/mol. The standard InChI is InChI=1S/C23H28N4O3S/c1-6-17(3)19-9-7-8-10-21(19)25-22(28)20-15-24-26(4)23(20)27(5)31(29,30)18-13-11-16(2)12-14-18/h7-15,17H,6H2,1-5H3,(H,25,28). The molecule has 1 atom stereocenters. The number of aryl methyl sites for hydroxylation is 2. The first kappa shape index (κ1) is 22.6. The zero-order valence-corrected chi connectivity index (χ0v) is 19.3. The smallest absolute Gasteiger partial charge is 0.265 e. The Morgan fingerprint density at radius 3 is 2.45 bits per heavy atom. The molecule has 0 saturated heterocycles. The van der Waals surface area contributed by atoms with Crippen LogP contribution in [0.3, 0.4) is 0 Å². The summed E-state index contributed by atoms with van der Waals surface area (Å²) in [4.78, 5) is 13.3. The molecule has 1 aromatic heterocycles. The Balaban J connectivity index is 1.96. The number of rotatable bonds is 7. The number of amides is 1. The number of para-hydroxylation sites is 1. The molecule has 0 aliphatic heterocycles. The van der Waals surface area contributed by atoms with Crippen molar-refractivity contribution in [1.29, 1.82) is 0 Å². The first-order valence-electron chi connectivity index (χ1n) is 10.1. The van der Waals surface area contributed by atoms with Gasteiger partial charge in [0.1, 0.15) is 5.56 Å². The van der Waals surface area contributed by atoms with E-state index in [2.05, 4.69) is 24.3 Å². The van der Waals surface area contributed by atoms with Gasteiger partial charge in [-0.2, -0.15) is 5.10 Å². The first-order chi connectivity index (χ1) is 14.7. The van der Waals surface area contributed by atoms with E-state index in [0.29, 0.717) is 5.69 Å². The van der Waals surface area contributed by atoms with Crippen molar-refractivity contribution in [1.82, 2.24) is 9.78 Å². The van der Waals surface area contributed by atoms with Crippen molar-refractivity contribution in [3.05, 3.63) is 71.4 Å². The molecule has 31 heavy (non-hydrogen) atoms. The summed E-state index contributed by atoms with van der Waals surface area (Å²) in [5, 5.41) is 7.08. The summed E-state index contributed by atoms with van der Waals surface area (Å²) >= 11 is 0. The third kappa shape index (κ3) is 4.49. The van der Waals surface area contributed by atoms with Crippen molar-refractivity contribution in [2.24, 2.45) is 7.05 Å². The SMILES string of the molecule is CCC(C)c1ccccc1NC(=O)c1cnn(C)c1N(C)S(=O)(=O)c1ccc(C)cc1. The van der Waals surface area contributed by atoms with Crippen LogP contribution in [0.25, 0.3) is 0 Å². The molecule has 1 heterocycles. The second kappa shape index (κ2) is 8.93. The van der Waals surface area contributed by atoms with Crippen molar-refractivity contribution in [2.45, 2.75) is 38.0 Å². The molecule has 0 aliphatic rings. The van der Waals surface area contributed by atoms with Crippen LogP contribution in [0.1, 0.15) is 47.7 Å². The summed E-state index contributed by atoms with van der Waals surface area (Å²) in [6.45, 7) is 6.08. The number of nitrogens with one attached hydrogen (secondary N) is 1. The lowest BCUT2D eigenvalue weighted by Crippen LogP contribution is -2.30. The molecule has 0 saturated carbocycles. The van der Waals surface area contributed by atoms with Crippen LogP contribution in [-0.4, -0.2) is 31.2 Å². The van der Waals surface area contributed by atoms with Crippen molar-refractivity contribution < 1.29 is 13.2 Å². The third-order valence-electron chi connectivity index (χ3n) is 5.48. The minimum absolute atomic E-state index is 0.148. The summed E-state index contributed by atoms with van der Waals surface area (Å²) in [7, 11) is -0.825. The Hall–Kier alpha value is -3.13. The molecule has 0 aliphatic carbocycles. The highest BCUT2D eigenvalue weighted by atomic mass is 32.2. The van der Waals surface area contributed by atoms with Crippen molar-refractivity contribution in [3.8, 4) is 0 Å². The molecular formula is C23H28N4O3S. The van der Waals surface area contributed by atoms with Gasteiger partial charge in [-0.05, 0) is 43.0 Å². The van der Waals surface area contributed by atoms with E-state index in [4.69, 9.17) is 0 Å². The maximum atomic E-state index is 13.2. The van der Waals surface area contributed by atoms with E-state index < -0.39 is 15.9 Å². The predicted octanol–water partition coefficient (Wildman–Crippen LogP) is 4.32. The van der Waals surface area contributed by atoms with E-state index in [0.717, 1.165) is 21.9 Å². The number of hydrogen-bond acceptors (Lipinski definition) is 4. The molecule has 8 heteroatoms. The van der Waals surface area contributed by atoms with Crippen LogP contribution in [-0.2, 0) is 17.1 Å². The number of anilines is 2. The van der Waals surface area contributed by atoms with Crippen molar-refractivity contribution >= 4 is 27.4 Å². The largest absolute Gasteiger partial charge is 0.322 e. The quantitative estimate of drug-likeness (QED) is 0.593. The van der Waals surface area contributed by atoms with Gasteiger partial charge in [-0.1, -0.05) is 49.7 Å². The number of nitrogens with zero attached hydrogens (tertiary/aromatic N) is 3. The molecule has 164 valence electrons. The van der Waals surface area contributed by atoms with Crippen LogP contribution in [0, 0.1) is 6.92 Å². The molecule has 0 spiro atoms. The lowest BCUT2D eigenvalue weighted by Gasteiger charge is -2.21. The topological polar surface area (TPSA) is 84.3 Å². The number of aromatic nitrogens is 2. The summed E-state index contributed by atoms with van der Waals surface area (Å²) in [5.74, 6) is 0.0540. The second-order valence-electron chi connectivity index (χ2n) is 7.64. The van der Waals surface area contributed by atoms with E-state index in [1.807, 2.05) is 31.2 Å². The molecule has 0 radical (unpaired) electrons. The van der Waals surface area contributed by atoms with Crippen LogP contribution < -0.4 is 9.62 Å². The zero-order valence-electron chi connectivity index (χ0n) is 18.5. The van der Waals surface area contributed by atoms with Gasteiger partial charge in [0.25, 0.3) is 15.9 Å². The molecule has 3 rings (SSSR count). The molecule has 2 aromatic carbocycles. The van der Waals surface area contributed by atoms with Crippen LogP contribution >= 0.6 is 0 Å². The third-order valence-corrected chi connectivity index (χ3v) is 7.24. The van der Waals surface area contributed by atoms with Gasteiger partial charge in [0, 0.05) is 19.8 Å². The average Bonchev–Trinajstić information content (AvgIpc) is 3.14. The molecule has 1 N–H and O–H groups in total. The first-order valence-corrected chi connectivity index (χ1v) is 11.6. The van der Waals surface area contributed by atoms with Crippen LogP contribution in [0.15, 0.2) is 59.6 Å². The van der Waals surface area contributed by atoms with E-state index >= 15 is 0 Å². The summed E-state index contributed by atoms with van der Waals surface area (Å²) in [6, 6.07) is 14.2. The molecule has 1 unspecified atom stereocenters. The minimum atomic E-state index is -3.86. The van der Waals surface area contributed by atoms with E-state index in [1.54, 1.807) is 31.3 Å². The summed E-state index contributed by atoms with van der Waals surface area (Å²) in [5.41, 5.74) is 2.88. The maximum Gasteiger partial charge on any atom is 0.265 e. The van der Waals surface area contributed by atoms with E-state index in [9.17, 15) is 13.2 Å². The highest BCUT2D eigenvalue weighted by Crippen LogP contribution is 2.29. The lowest BCUT2D eigenvalue weighted by molar-refractivity contribution is 0.102. The second-order valence-corrected chi connectivity index (χ2v) is 9.61. The molecular weight excluding hydrogens is 412 g/mol. The highest BCUT2D eigenvalue weighted by Gasteiger charge is 2.29. The van der Waals surface area contributed by atoms with Crippen LogP contribution in [0.5, 0.6) is 0 Å². The Morgan fingerprint density at radius 1 is 1.16 bits per heavy atom. The highest BCUT2D eigenvalue weighted by molar-refractivity contribution is 7.92.